The van der Waals surface area contributed by atoms with E-state index in [-0.39, 0.29) is 0 Å². The van der Waals surface area contributed by atoms with Crippen molar-refractivity contribution in [2.75, 3.05) is 11.9 Å². The zero-order valence-corrected chi connectivity index (χ0v) is 10.4. The van der Waals surface area contributed by atoms with Crippen LogP contribution in [0.25, 0.3) is 0 Å². The minimum Gasteiger partial charge on any atom is -0.384 e. The van der Waals surface area contributed by atoms with E-state index in [1.165, 1.54) is 0 Å². The molecule has 0 unspecified atom stereocenters. The summed E-state index contributed by atoms with van der Waals surface area (Å²) >= 11 is 0. The molecule has 1 amide bonds. The number of carbonyl (C=O) groups is 1. The van der Waals surface area contributed by atoms with Gasteiger partial charge in [0.15, 0.2) is 0 Å². The summed E-state index contributed by atoms with van der Waals surface area (Å²) < 4.78 is 0. The lowest BCUT2D eigenvalue weighted by molar-refractivity contribution is 0.100. The number of hydrogen-bond donors (Lipinski definition) is 3. The molecular weight excluding hydrogens is 226 g/mol. The monoisotopic (exact) mass is 243 g/mol. The summed E-state index contributed by atoms with van der Waals surface area (Å²) in [5.41, 5.74) is 7.61. The Morgan fingerprint density at radius 2 is 2.28 bits per heavy atom. The molecule has 94 valence electrons. The Labute approximate surface area is 107 Å². The van der Waals surface area contributed by atoms with Crippen LogP contribution in [0.5, 0.6) is 0 Å². The van der Waals surface area contributed by atoms with Gasteiger partial charge in [0, 0.05) is 35.5 Å². The molecule has 18 heavy (non-hydrogen) atoms. The number of unbranched alkanes of at least 4 members (excludes halogenated alkanes) is 1. The van der Waals surface area contributed by atoms with Crippen LogP contribution in [0, 0.1) is 17.8 Å². The molecule has 0 saturated heterocycles. The highest BCUT2D eigenvalue weighted by Crippen LogP contribution is 2.18. The zero-order chi connectivity index (χ0) is 13.5. The molecule has 4 heteroatoms. The fourth-order valence-corrected chi connectivity index (χ4v) is 1.58. The van der Waals surface area contributed by atoms with E-state index in [2.05, 4.69) is 11.2 Å². The minimum absolute atomic E-state index is 0.430. The third kappa shape index (κ3) is 3.63. The lowest BCUT2D eigenvalue weighted by Crippen LogP contribution is -2.13. The van der Waals surface area contributed by atoms with Crippen LogP contribution in [0.4, 0.5) is 5.69 Å². The van der Waals surface area contributed by atoms with Gasteiger partial charge in [0.2, 0.25) is 5.91 Å². The van der Waals surface area contributed by atoms with E-state index in [0.29, 0.717) is 24.2 Å². The van der Waals surface area contributed by atoms with Crippen LogP contribution < -0.4 is 11.1 Å². The van der Waals surface area contributed by atoms with Crippen LogP contribution in [0.1, 0.15) is 35.7 Å². The highest BCUT2D eigenvalue weighted by atomic mass is 16.1. The number of nitrogens with one attached hydrogen (secondary N) is 2. The molecule has 0 radical (unpaired) electrons. The van der Waals surface area contributed by atoms with Gasteiger partial charge < -0.3 is 16.5 Å². The highest BCUT2D eigenvalue weighted by molar-refractivity contribution is 6.03. The molecule has 4 N–H and O–H groups in total. The first-order valence-electron chi connectivity index (χ1n) is 5.73. The van der Waals surface area contributed by atoms with E-state index in [1.54, 1.807) is 25.1 Å². The second-order valence-corrected chi connectivity index (χ2v) is 3.98. The topological polar surface area (TPSA) is 79.0 Å². The first-order valence-corrected chi connectivity index (χ1v) is 5.73. The SMILES string of the molecule is C#CCCCNc1cc(C(N)=O)ccc1C(C)=N. The number of carbonyl (C=O) groups excluding carboxylic acids is 1. The van der Waals surface area contributed by atoms with Gasteiger partial charge in [-0.05, 0) is 25.5 Å². The molecule has 0 saturated carbocycles. The fourth-order valence-electron chi connectivity index (χ4n) is 1.58. The van der Waals surface area contributed by atoms with Crippen LogP contribution in [0.3, 0.4) is 0 Å². The molecule has 4 nitrogen and oxygen atoms in total. The van der Waals surface area contributed by atoms with Gasteiger partial charge in [0.1, 0.15) is 0 Å². The van der Waals surface area contributed by atoms with E-state index < -0.39 is 5.91 Å². The van der Waals surface area contributed by atoms with Crippen molar-refractivity contribution in [2.45, 2.75) is 19.8 Å². The highest BCUT2D eigenvalue weighted by Gasteiger charge is 2.08. The van der Waals surface area contributed by atoms with Crippen LogP contribution >= 0.6 is 0 Å². The Kier molecular flexibility index (Phi) is 4.94. The molecule has 0 bridgehead atoms. The van der Waals surface area contributed by atoms with Gasteiger partial charge in [-0.15, -0.1) is 12.3 Å². The summed E-state index contributed by atoms with van der Waals surface area (Å²) in [6.07, 6.45) is 6.71. The maximum atomic E-state index is 11.1. The summed E-state index contributed by atoms with van der Waals surface area (Å²) in [6, 6.07) is 5.03. The van der Waals surface area contributed by atoms with Crippen molar-refractivity contribution >= 4 is 17.3 Å². The Balaban J connectivity index is 2.90. The van der Waals surface area contributed by atoms with Gasteiger partial charge in [-0.2, -0.15) is 0 Å². The first kappa shape index (κ1) is 13.8. The van der Waals surface area contributed by atoms with Gasteiger partial charge >= 0.3 is 0 Å². The summed E-state index contributed by atoms with van der Waals surface area (Å²) in [5.74, 6) is 2.09. The average Bonchev–Trinajstić information content (AvgIpc) is 2.34. The number of benzene rings is 1. The number of anilines is 1. The smallest absolute Gasteiger partial charge is 0.248 e. The molecule has 0 spiro atoms. The number of rotatable bonds is 6. The number of terminal acetylenes is 1. The zero-order valence-electron chi connectivity index (χ0n) is 10.4. The summed E-state index contributed by atoms with van der Waals surface area (Å²) in [4.78, 5) is 11.1. The van der Waals surface area contributed by atoms with Gasteiger partial charge in [0.05, 0.1) is 0 Å². The molecule has 0 aliphatic carbocycles. The first-order chi connectivity index (χ1) is 8.56. The quantitative estimate of drug-likeness (QED) is 0.406. The Morgan fingerprint density at radius 3 is 2.83 bits per heavy atom. The summed E-state index contributed by atoms with van der Waals surface area (Å²) in [5, 5.41) is 10.9. The van der Waals surface area contributed by atoms with Crippen LogP contribution in [0.2, 0.25) is 0 Å². The molecule has 0 aliphatic rings. The number of amides is 1. The molecular formula is C14H17N3O. The second kappa shape index (κ2) is 6.45. The Morgan fingerprint density at radius 1 is 1.56 bits per heavy atom. The lowest BCUT2D eigenvalue weighted by atomic mass is 10.0. The van der Waals surface area contributed by atoms with Crippen LogP contribution in [0.15, 0.2) is 18.2 Å². The third-order valence-corrected chi connectivity index (χ3v) is 2.52. The van der Waals surface area contributed by atoms with E-state index in [9.17, 15) is 4.79 Å². The molecule has 1 rings (SSSR count). The number of nitrogens with two attached hydrogens (primary N) is 1. The molecule has 1 aromatic rings. The van der Waals surface area contributed by atoms with Crippen molar-refractivity contribution in [1.82, 2.24) is 0 Å². The van der Waals surface area contributed by atoms with Crippen molar-refractivity contribution in [3.63, 3.8) is 0 Å². The molecule has 0 aliphatic heterocycles. The molecule has 0 atom stereocenters. The van der Waals surface area contributed by atoms with Gasteiger partial charge in [-0.1, -0.05) is 6.07 Å². The van der Waals surface area contributed by atoms with Crippen LogP contribution in [-0.4, -0.2) is 18.2 Å². The standard InChI is InChI=1S/C14H17N3O/c1-3-4-5-8-17-13-9-11(14(16)18)6-7-12(13)10(2)15/h1,6-7,9,15,17H,4-5,8H2,2H3,(H2,16,18). The van der Waals surface area contributed by atoms with E-state index in [1.807, 2.05) is 0 Å². The average molecular weight is 243 g/mol. The predicted octanol–water partition coefficient (Wildman–Crippen LogP) is 2.00. The summed E-state index contributed by atoms with van der Waals surface area (Å²) in [7, 11) is 0. The largest absolute Gasteiger partial charge is 0.384 e. The molecule has 0 fully saturated rings. The maximum absolute atomic E-state index is 11.1. The number of hydrogen-bond acceptors (Lipinski definition) is 3. The van der Waals surface area contributed by atoms with Crippen molar-refractivity contribution in [3.05, 3.63) is 29.3 Å². The Hall–Kier alpha value is -2.28. The van der Waals surface area contributed by atoms with Crippen molar-refractivity contribution in [3.8, 4) is 12.3 Å². The second-order valence-electron chi connectivity index (χ2n) is 3.98. The Bertz CT molecular complexity index is 500. The van der Waals surface area contributed by atoms with Crippen molar-refractivity contribution in [2.24, 2.45) is 5.73 Å². The van der Waals surface area contributed by atoms with E-state index in [4.69, 9.17) is 17.6 Å². The third-order valence-electron chi connectivity index (χ3n) is 2.52. The van der Waals surface area contributed by atoms with Gasteiger partial charge in [-0.3, -0.25) is 4.79 Å². The minimum atomic E-state index is -0.476. The number of primary amides is 1. The molecule has 0 heterocycles. The molecule has 1 aromatic carbocycles. The van der Waals surface area contributed by atoms with Crippen LogP contribution in [-0.2, 0) is 0 Å². The van der Waals surface area contributed by atoms with Crippen molar-refractivity contribution < 1.29 is 4.79 Å². The van der Waals surface area contributed by atoms with E-state index >= 15 is 0 Å². The summed E-state index contributed by atoms with van der Waals surface area (Å²) in [6.45, 7) is 2.40. The van der Waals surface area contributed by atoms with Gasteiger partial charge in [-0.25, -0.2) is 0 Å². The lowest BCUT2D eigenvalue weighted by Gasteiger charge is -2.12. The predicted molar refractivity (Wildman–Crippen MR) is 74.0 cm³/mol. The fraction of sp³-hybridized carbons (Fsp3) is 0.286. The van der Waals surface area contributed by atoms with Crippen molar-refractivity contribution in [1.29, 1.82) is 5.41 Å². The van der Waals surface area contributed by atoms with E-state index in [0.717, 1.165) is 17.7 Å². The maximum Gasteiger partial charge on any atom is 0.248 e. The van der Waals surface area contributed by atoms with Gasteiger partial charge in [0.25, 0.3) is 0 Å². The normalized spacial score (nSPS) is 9.56. The molecule has 0 aromatic heterocycles.